The second kappa shape index (κ2) is 5.08. The van der Waals surface area contributed by atoms with Crippen molar-refractivity contribution in [3.8, 4) is 0 Å². The van der Waals surface area contributed by atoms with Crippen LogP contribution < -0.4 is 5.32 Å². The van der Waals surface area contributed by atoms with Gasteiger partial charge < -0.3 is 10.1 Å². The number of hydrogen-bond donors (Lipinski definition) is 1. The van der Waals surface area contributed by atoms with Gasteiger partial charge in [0.25, 0.3) is 0 Å². The fourth-order valence-electron chi connectivity index (χ4n) is 1.66. The van der Waals surface area contributed by atoms with Crippen LogP contribution in [0.2, 0.25) is 0 Å². The first kappa shape index (κ1) is 9.62. The number of rotatable bonds is 3. The summed E-state index contributed by atoms with van der Waals surface area (Å²) in [7, 11) is 0. The van der Waals surface area contributed by atoms with E-state index in [2.05, 4.69) is 10.3 Å². The molecule has 76 valence electrons. The SMILES string of the molecule is c1cc(COC2CCNCC2)ccn1. The van der Waals surface area contributed by atoms with Gasteiger partial charge in [-0.25, -0.2) is 0 Å². The molecule has 2 heterocycles. The second-order valence-electron chi connectivity index (χ2n) is 3.62. The van der Waals surface area contributed by atoms with E-state index >= 15 is 0 Å². The van der Waals surface area contributed by atoms with Crippen molar-refractivity contribution in [1.82, 2.24) is 10.3 Å². The van der Waals surface area contributed by atoms with Crippen molar-refractivity contribution in [3.05, 3.63) is 30.1 Å². The molecule has 0 saturated carbocycles. The molecule has 0 bridgehead atoms. The van der Waals surface area contributed by atoms with E-state index < -0.39 is 0 Å². The minimum Gasteiger partial charge on any atom is -0.373 e. The number of nitrogens with zero attached hydrogens (tertiary/aromatic N) is 1. The molecule has 1 fully saturated rings. The molecule has 0 atom stereocenters. The number of hydrogen-bond acceptors (Lipinski definition) is 3. The van der Waals surface area contributed by atoms with Crippen molar-refractivity contribution in [2.75, 3.05) is 13.1 Å². The molecular weight excluding hydrogens is 176 g/mol. The molecule has 1 saturated heterocycles. The van der Waals surface area contributed by atoms with Crippen LogP contribution >= 0.6 is 0 Å². The molecule has 1 aromatic heterocycles. The Bertz CT molecular complexity index is 257. The van der Waals surface area contributed by atoms with Crippen molar-refractivity contribution >= 4 is 0 Å². The smallest absolute Gasteiger partial charge is 0.0721 e. The first-order chi connectivity index (χ1) is 6.95. The molecule has 1 aromatic rings. The topological polar surface area (TPSA) is 34.1 Å². The summed E-state index contributed by atoms with van der Waals surface area (Å²) in [4.78, 5) is 3.97. The number of ether oxygens (including phenoxy) is 1. The highest BCUT2D eigenvalue weighted by Gasteiger charge is 2.12. The summed E-state index contributed by atoms with van der Waals surface area (Å²) in [6, 6.07) is 4.00. The van der Waals surface area contributed by atoms with E-state index in [1.54, 1.807) is 12.4 Å². The monoisotopic (exact) mass is 192 g/mol. The summed E-state index contributed by atoms with van der Waals surface area (Å²) in [5.74, 6) is 0. The van der Waals surface area contributed by atoms with Crippen molar-refractivity contribution < 1.29 is 4.74 Å². The number of piperidine rings is 1. The first-order valence-corrected chi connectivity index (χ1v) is 5.16. The van der Waals surface area contributed by atoms with Crippen LogP contribution in [0.3, 0.4) is 0 Å². The Hall–Kier alpha value is -0.930. The molecule has 0 aliphatic carbocycles. The van der Waals surface area contributed by atoms with E-state index in [1.165, 1.54) is 5.56 Å². The first-order valence-electron chi connectivity index (χ1n) is 5.16. The predicted molar refractivity (Wildman–Crippen MR) is 54.9 cm³/mol. The van der Waals surface area contributed by atoms with E-state index in [-0.39, 0.29) is 0 Å². The standard InChI is InChI=1S/C11H16N2O/c1-5-12-6-2-10(1)9-14-11-3-7-13-8-4-11/h1-2,5-6,11,13H,3-4,7-9H2. The molecule has 1 aliphatic rings. The molecule has 1 N–H and O–H groups in total. The third-order valence-corrected chi connectivity index (χ3v) is 2.52. The number of pyridine rings is 1. The lowest BCUT2D eigenvalue weighted by atomic mass is 10.1. The van der Waals surface area contributed by atoms with Crippen LogP contribution in [0.5, 0.6) is 0 Å². The highest BCUT2D eigenvalue weighted by Crippen LogP contribution is 2.10. The van der Waals surface area contributed by atoms with Crippen LogP contribution in [0.4, 0.5) is 0 Å². The Morgan fingerprint density at radius 1 is 1.29 bits per heavy atom. The molecule has 1 aliphatic heterocycles. The van der Waals surface area contributed by atoms with Gasteiger partial charge in [-0.05, 0) is 43.6 Å². The summed E-state index contributed by atoms with van der Waals surface area (Å²) in [5, 5.41) is 3.32. The molecule has 0 radical (unpaired) electrons. The maximum Gasteiger partial charge on any atom is 0.0721 e. The van der Waals surface area contributed by atoms with Crippen molar-refractivity contribution in [2.45, 2.75) is 25.6 Å². The quantitative estimate of drug-likeness (QED) is 0.785. The van der Waals surface area contributed by atoms with Gasteiger partial charge in [0.2, 0.25) is 0 Å². The van der Waals surface area contributed by atoms with Gasteiger partial charge in [0.15, 0.2) is 0 Å². The van der Waals surface area contributed by atoms with Gasteiger partial charge in [-0.1, -0.05) is 0 Å². The largest absolute Gasteiger partial charge is 0.373 e. The predicted octanol–water partition coefficient (Wildman–Crippen LogP) is 1.35. The maximum atomic E-state index is 5.80. The minimum absolute atomic E-state index is 0.435. The van der Waals surface area contributed by atoms with Crippen LogP contribution in [-0.4, -0.2) is 24.2 Å². The molecule has 3 heteroatoms. The van der Waals surface area contributed by atoms with Crippen LogP contribution in [0, 0.1) is 0 Å². The molecule has 0 aromatic carbocycles. The average Bonchev–Trinajstić information content (AvgIpc) is 2.29. The molecule has 0 unspecified atom stereocenters. The van der Waals surface area contributed by atoms with Crippen molar-refractivity contribution in [2.24, 2.45) is 0 Å². The molecule has 0 spiro atoms. The van der Waals surface area contributed by atoms with Crippen LogP contribution in [0.25, 0.3) is 0 Å². The summed E-state index contributed by atoms with van der Waals surface area (Å²) in [6.07, 6.45) is 6.31. The van der Waals surface area contributed by atoms with Crippen LogP contribution in [0.15, 0.2) is 24.5 Å². The second-order valence-corrected chi connectivity index (χ2v) is 3.62. The van der Waals surface area contributed by atoms with Crippen LogP contribution in [-0.2, 0) is 11.3 Å². The maximum absolute atomic E-state index is 5.80. The van der Waals surface area contributed by atoms with Gasteiger partial charge in [0.05, 0.1) is 12.7 Å². The van der Waals surface area contributed by atoms with E-state index in [9.17, 15) is 0 Å². The van der Waals surface area contributed by atoms with E-state index in [1.807, 2.05) is 12.1 Å². The zero-order valence-electron chi connectivity index (χ0n) is 8.28. The van der Waals surface area contributed by atoms with Gasteiger partial charge in [-0.3, -0.25) is 4.98 Å². The van der Waals surface area contributed by atoms with Gasteiger partial charge >= 0.3 is 0 Å². The van der Waals surface area contributed by atoms with E-state index in [4.69, 9.17) is 4.74 Å². The Morgan fingerprint density at radius 3 is 2.71 bits per heavy atom. The van der Waals surface area contributed by atoms with Gasteiger partial charge in [0, 0.05) is 12.4 Å². The average molecular weight is 192 g/mol. The van der Waals surface area contributed by atoms with Gasteiger partial charge in [-0.2, -0.15) is 0 Å². The Morgan fingerprint density at radius 2 is 2.00 bits per heavy atom. The number of aromatic nitrogens is 1. The highest BCUT2D eigenvalue weighted by molar-refractivity contribution is 5.07. The lowest BCUT2D eigenvalue weighted by Gasteiger charge is -2.22. The summed E-state index contributed by atoms with van der Waals surface area (Å²) >= 11 is 0. The summed E-state index contributed by atoms with van der Waals surface area (Å²) in [6.45, 7) is 2.88. The Kier molecular flexibility index (Phi) is 3.49. The Labute approximate surface area is 84.5 Å². The van der Waals surface area contributed by atoms with Crippen molar-refractivity contribution in [3.63, 3.8) is 0 Å². The molecular formula is C11H16N2O. The fourth-order valence-corrected chi connectivity index (χ4v) is 1.66. The third-order valence-electron chi connectivity index (χ3n) is 2.52. The highest BCUT2D eigenvalue weighted by atomic mass is 16.5. The lowest BCUT2D eigenvalue weighted by molar-refractivity contribution is 0.0212. The summed E-state index contributed by atoms with van der Waals surface area (Å²) in [5.41, 5.74) is 1.21. The lowest BCUT2D eigenvalue weighted by Crippen LogP contribution is -2.32. The zero-order valence-corrected chi connectivity index (χ0v) is 8.28. The normalized spacial score (nSPS) is 18.3. The van der Waals surface area contributed by atoms with E-state index in [0.717, 1.165) is 25.9 Å². The van der Waals surface area contributed by atoms with E-state index in [0.29, 0.717) is 12.7 Å². The molecule has 14 heavy (non-hydrogen) atoms. The van der Waals surface area contributed by atoms with Crippen LogP contribution in [0.1, 0.15) is 18.4 Å². The zero-order chi connectivity index (χ0) is 9.64. The summed E-state index contributed by atoms with van der Waals surface area (Å²) < 4.78 is 5.80. The minimum atomic E-state index is 0.435. The van der Waals surface area contributed by atoms with Gasteiger partial charge in [0.1, 0.15) is 0 Å². The number of nitrogens with one attached hydrogen (secondary N) is 1. The fraction of sp³-hybridized carbons (Fsp3) is 0.545. The van der Waals surface area contributed by atoms with Gasteiger partial charge in [-0.15, -0.1) is 0 Å². The van der Waals surface area contributed by atoms with Crippen molar-refractivity contribution in [1.29, 1.82) is 0 Å². The molecule has 3 nitrogen and oxygen atoms in total. The molecule has 2 rings (SSSR count). The Balaban J connectivity index is 1.76. The third kappa shape index (κ3) is 2.79. The molecule has 0 amide bonds.